The van der Waals surface area contributed by atoms with Gasteiger partial charge in [-0.3, -0.25) is 9.58 Å². The van der Waals surface area contributed by atoms with Gasteiger partial charge in [-0.15, -0.1) is 0 Å². The van der Waals surface area contributed by atoms with Gasteiger partial charge >= 0.3 is 0 Å². The van der Waals surface area contributed by atoms with Gasteiger partial charge in [0.2, 0.25) is 0 Å². The number of hydrogen-bond donors (Lipinski definition) is 1. The Hall–Kier alpha value is -0.870. The van der Waals surface area contributed by atoms with E-state index in [2.05, 4.69) is 49.2 Å². The normalized spacial score (nSPS) is 27.0. The molecular weight excluding hydrogens is 224 g/mol. The van der Waals surface area contributed by atoms with Gasteiger partial charge in [-0.25, -0.2) is 0 Å². The fraction of sp³-hybridized carbons (Fsp3) is 0.786. The van der Waals surface area contributed by atoms with Crippen LogP contribution in [-0.4, -0.2) is 39.9 Å². The summed E-state index contributed by atoms with van der Waals surface area (Å²) < 4.78 is 1.87. The number of nitrogens with one attached hydrogen (secondary N) is 1. The van der Waals surface area contributed by atoms with Crippen molar-refractivity contribution in [1.29, 1.82) is 0 Å². The first-order valence-corrected chi connectivity index (χ1v) is 6.96. The third kappa shape index (κ3) is 2.93. The zero-order valence-corrected chi connectivity index (χ0v) is 12.2. The average Bonchev–Trinajstić information content (AvgIpc) is 2.86. The first-order chi connectivity index (χ1) is 8.47. The van der Waals surface area contributed by atoms with Crippen molar-refractivity contribution in [2.45, 2.75) is 45.8 Å². The molecule has 1 aliphatic heterocycles. The molecule has 1 fully saturated rings. The molecule has 2 heterocycles. The van der Waals surface area contributed by atoms with Gasteiger partial charge in [-0.1, -0.05) is 6.92 Å². The molecule has 2 rings (SSSR count). The summed E-state index contributed by atoms with van der Waals surface area (Å²) in [4.78, 5) is 2.55. The molecular formula is C14H26N4. The average molecular weight is 250 g/mol. The fourth-order valence-corrected chi connectivity index (χ4v) is 2.72. The van der Waals surface area contributed by atoms with E-state index in [1.807, 2.05) is 17.9 Å². The largest absolute Gasteiger partial charge is 0.306 e. The predicted octanol–water partition coefficient (Wildman–Crippen LogP) is 1.80. The maximum absolute atomic E-state index is 4.24. The van der Waals surface area contributed by atoms with Crippen LogP contribution in [0.4, 0.5) is 0 Å². The topological polar surface area (TPSA) is 33.1 Å². The van der Waals surface area contributed by atoms with Gasteiger partial charge in [0.1, 0.15) is 0 Å². The number of aryl methyl sites for hydroxylation is 1. The number of rotatable bonds is 4. The second kappa shape index (κ2) is 5.41. The summed E-state index contributed by atoms with van der Waals surface area (Å²) in [6.07, 6.45) is 4.05. The first-order valence-electron chi connectivity index (χ1n) is 6.96. The molecule has 1 aliphatic rings. The SMILES string of the molecule is CC(C)N1C[C@@H](C)[C@H](N[C@@H](C)c2cnn(C)c2)C1. The quantitative estimate of drug-likeness (QED) is 0.884. The smallest absolute Gasteiger partial charge is 0.0537 e. The Kier molecular flexibility index (Phi) is 4.07. The Labute approximate surface area is 110 Å². The number of aromatic nitrogens is 2. The van der Waals surface area contributed by atoms with E-state index in [0.717, 1.165) is 6.54 Å². The summed E-state index contributed by atoms with van der Waals surface area (Å²) in [6, 6.07) is 1.61. The Morgan fingerprint density at radius 1 is 1.33 bits per heavy atom. The van der Waals surface area contributed by atoms with Crippen molar-refractivity contribution < 1.29 is 0 Å². The van der Waals surface area contributed by atoms with E-state index in [-0.39, 0.29) is 0 Å². The lowest BCUT2D eigenvalue weighted by atomic mass is 10.0. The second-order valence-electron chi connectivity index (χ2n) is 5.97. The molecule has 0 saturated carbocycles. The summed E-state index contributed by atoms with van der Waals surface area (Å²) >= 11 is 0. The molecule has 0 bridgehead atoms. The molecule has 18 heavy (non-hydrogen) atoms. The van der Waals surface area contributed by atoms with Gasteiger partial charge in [-0.05, 0) is 26.7 Å². The molecule has 0 aromatic carbocycles. The highest BCUT2D eigenvalue weighted by Gasteiger charge is 2.31. The van der Waals surface area contributed by atoms with Crippen LogP contribution in [0.3, 0.4) is 0 Å². The highest BCUT2D eigenvalue weighted by Crippen LogP contribution is 2.22. The maximum Gasteiger partial charge on any atom is 0.0537 e. The minimum absolute atomic E-state index is 0.373. The van der Waals surface area contributed by atoms with E-state index in [0.29, 0.717) is 24.0 Å². The Morgan fingerprint density at radius 2 is 2.06 bits per heavy atom. The summed E-state index contributed by atoms with van der Waals surface area (Å²) in [5.41, 5.74) is 1.27. The summed E-state index contributed by atoms with van der Waals surface area (Å²) in [6.45, 7) is 11.5. The summed E-state index contributed by atoms with van der Waals surface area (Å²) in [7, 11) is 1.97. The van der Waals surface area contributed by atoms with Crippen LogP contribution in [0, 0.1) is 5.92 Å². The van der Waals surface area contributed by atoms with Crippen molar-refractivity contribution in [3.8, 4) is 0 Å². The second-order valence-corrected chi connectivity index (χ2v) is 5.97. The van der Waals surface area contributed by atoms with Crippen molar-refractivity contribution >= 4 is 0 Å². The number of likely N-dealkylation sites (tertiary alicyclic amines) is 1. The molecule has 0 spiro atoms. The lowest BCUT2D eigenvalue weighted by molar-refractivity contribution is 0.263. The van der Waals surface area contributed by atoms with E-state index in [1.165, 1.54) is 12.1 Å². The van der Waals surface area contributed by atoms with Gasteiger partial charge < -0.3 is 5.32 Å². The molecule has 4 nitrogen and oxygen atoms in total. The molecule has 0 amide bonds. The van der Waals surface area contributed by atoms with E-state index in [1.54, 1.807) is 0 Å². The van der Waals surface area contributed by atoms with Gasteiger partial charge in [-0.2, -0.15) is 5.10 Å². The molecule has 0 aliphatic carbocycles. The van der Waals surface area contributed by atoms with Crippen LogP contribution in [0.5, 0.6) is 0 Å². The molecule has 1 aromatic rings. The van der Waals surface area contributed by atoms with Crippen molar-refractivity contribution in [2.24, 2.45) is 13.0 Å². The van der Waals surface area contributed by atoms with Crippen LogP contribution in [0.15, 0.2) is 12.4 Å². The van der Waals surface area contributed by atoms with E-state index in [4.69, 9.17) is 0 Å². The molecule has 1 aromatic heterocycles. The fourth-order valence-electron chi connectivity index (χ4n) is 2.72. The van der Waals surface area contributed by atoms with Gasteiger partial charge in [0, 0.05) is 50.0 Å². The monoisotopic (exact) mass is 250 g/mol. The molecule has 0 radical (unpaired) electrons. The van der Waals surface area contributed by atoms with Crippen molar-refractivity contribution in [1.82, 2.24) is 20.0 Å². The van der Waals surface area contributed by atoms with E-state index < -0.39 is 0 Å². The lowest BCUT2D eigenvalue weighted by Gasteiger charge is -2.22. The van der Waals surface area contributed by atoms with E-state index >= 15 is 0 Å². The number of nitrogens with zero attached hydrogens (tertiary/aromatic N) is 3. The molecule has 1 N–H and O–H groups in total. The van der Waals surface area contributed by atoms with Crippen LogP contribution in [0.25, 0.3) is 0 Å². The predicted molar refractivity (Wildman–Crippen MR) is 74.4 cm³/mol. The minimum atomic E-state index is 0.373. The standard InChI is InChI=1S/C14H26N4/c1-10(2)18-7-11(3)14(9-18)16-12(4)13-6-15-17(5)8-13/h6,8,10-12,14,16H,7,9H2,1-5H3/t11-,12+,14-/m1/s1. The Morgan fingerprint density at radius 3 is 2.56 bits per heavy atom. The zero-order chi connectivity index (χ0) is 13.3. The van der Waals surface area contributed by atoms with Crippen LogP contribution in [0.2, 0.25) is 0 Å². The highest BCUT2D eigenvalue weighted by atomic mass is 15.2. The zero-order valence-electron chi connectivity index (χ0n) is 12.2. The Bertz CT molecular complexity index is 385. The van der Waals surface area contributed by atoms with Crippen LogP contribution < -0.4 is 5.32 Å². The first kappa shape index (κ1) is 13.6. The van der Waals surface area contributed by atoms with Crippen molar-refractivity contribution in [2.75, 3.05) is 13.1 Å². The lowest BCUT2D eigenvalue weighted by Crippen LogP contribution is -2.38. The molecule has 0 unspecified atom stereocenters. The molecule has 102 valence electrons. The third-order valence-electron chi connectivity index (χ3n) is 4.06. The summed E-state index contributed by atoms with van der Waals surface area (Å²) in [5, 5.41) is 7.99. The summed E-state index contributed by atoms with van der Waals surface area (Å²) in [5.74, 6) is 0.714. The van der Waals surface area contributed by atoms with Crippen LogP contribution in [0.1, 0.15) is 39.3 Å². The Balaban J connectivity index is 1.93. The maximum atomic E-state index is 4.24. The van der Waals surface area contributed by atoms with Crippen molar-refractivity contribution in [3.05, 3.63) is 18.0 Å². The third-order valence-corrected chi connectivity index (χ3v) is 4.06. The van der Waals surface area contributed by atoms with Gasteiger partial charge in [0.25, 0.3) is 0 Å². The van der Waals surface area contributed by atoms with Crippen molar-refractivity contribution in [3.63, 3.8) is 0 Å². The molecule has 1 saturated heterocycles. The van der Waals surface area contributed by atoms with Gasteiger partial charge in [0.05, 0.1) is 6.20 Å². The highest BCUT2D eigenvalue weighted by molar-refractivity contribution is 5.10. The van der Waals surface area contributed by atoms with Gasteiger partial charge in [0.15, 0.2) is 0 Å². The molecule has 3 atom stereocenters. The minimum Gasteiger partial charge on any atom is -0.306 e. The van der Waals surface area contributed by atoms with Crippen LogP contribution in [-0.2, 0) is 7.05 Å². The van der Waals surface area contributed by atoms with Crippen LogP contribution >= 0.6 is 0 Å². The number of hydrogen-bond acceptors (Lipinski definition) is 3. The van der Waals surface area contributed by atoms with E-state index in [9.17, 15) is 0 Å². The molecule has 4 heteroatoms.